The summed E-state index contributed by atoms with van der Waals surface area (Å²) in [5.74, 6) is -1.60. The van der Waals surface area contributed by atoms with Crippen LogP contribution < -0.4 is 9.64 Å². The molecule has 0 spiro atoms. The highest BCUT2D eigenvalue weighted by atomic mass is 16.6. The van der Waals surface area contributed by atoms with Crippen LogP contribution in [0.15, 0.2) is 59.9 Å². The maximum atomic E-state index is 12.8. The van der Waals surface area contributed by atoms with Crippen molar-refractivity contribution in [1.29, 1.82) is 0 Å². The smallest absolute Gasteiger partial charge is 0.294 e. The number of carbonyl (C=O) groups is 2. The molecule has 0 saturated carbocycles. The second-order valence-electron chi connectivity index (χ2n) is 5.92. The number of nitrogens with zero attached hydrogens (tertiary/aromatic N) is 2. The Morgan fingerprint density at radius 2 is 1.93 bits per heavy atom. The van der Waals surface area contributed by atoms with E-state index >= 15 is 0 Å². The molecular weight excluding hydrogens is 352 g/mol. The third kappa shape index (κ3) is 3.01. The molecular formula is C19H16N2O6. The van der Waals surface area contributed by atoms with E-state index in [1.54, 1.807) is 30.3 Å². The van der Waals surface area contributed by atoms with Gasteiger partial charge in [0.1, 0.15) is 5.75 Å². The fraction of sp³-hybridized carbons (Fsp3) is 0.158. The van der Waals surface area contributed by atoms with Gasteiger partial charge in [0.25, 0.3) is 11.6 Å². The molecule has 0 saturated heterocycles. The van der Waals surface area contributed by atoms with Crippen molar-refractivity contribution in [3.63, 3.8) is 0 Å². The van der Waals surface area contributed by atoms with Gasteiger partial charge in [-0.15, -0.1) is 0 Å². The van der Waals surface area contributed by atoms with E-state index in [1.165, 1.54) is 37.1 Å². The van der Waals surface area contributed by atoms with Crippen LogP contribution >= 0.6 is 0 Å². The quantitative estimate of drug-likeness (QED) is 0.641. The number of methoxy groups -OCH3 is 1. The molecule has 0 radical (unpaired) electrons. The first-order chi connectivity index (χ1) is 12.9. The molecule has 1 aliphatic heterocycles. The maximum absolute atomic E-state index is 12.8. The largest absolute Gasteiger partial charge is 0.503 e. The van der Waals surface area contributed by atoms with Gasteiger partial charge in [0.05, 0.1) is 29.3 Å². The molecule has 27 heavy (non-hydrogen) atoms. The monoisotopic (exact) mass is 368 g/mol. The molecule has 1 aliphatic rings. The standard InChI is InChI=1S/C19H16N2O6/c1-11(22)16-17(12-6-5-7-13(10-12)21(25)26)20(19(24)18(16)23)14-8-3-4-9-15(14)27-2/h3-10,17,23H,1-2H3/t17-/m0/s1. The van der Waals surface area contributed by atoms with Crippen LogP contribution in [0.1, 0.15) is 18.5 Å². The summed E-state index contributed by atoms with van der Waals surface area (Å²) in [5, 5.41) is 21.5. The predicted molar refractivity (Wildman–Crippen MR) is 96.7 cm³/mol. The number of aliphatic hydroxyl groups excluding tert-OH is 1. The first-order valence-electron chi connectivity index (χ1n) is 8.01. The van der Waals surface area contributed by atoms with E-state index in [1.807, 2.05) is 0 Å². The molecule has 3 rings (SSSR count). The Morgan fingerprint density at radius 1 is 1.22 bits per heavy atom. The lowest BCUT2D eigenvalue weighted by Gasteiger charge is -2.27. The lowest BCUT2D eigenvalue weighted by Crippen LogP contribution is -2.31. The van der Waals surface area contributed by atoms with Gasteiger partial charge in [0, 0.05) is 12.1 Å². The highest BCUT2D eigenvalue weighted by molar-refractivity contribution is 6.16. The van der Waals surface area contributed by atoms with E-state index in [4.69, 9.17) is 4.74 Å². The van der Waals surface area contributed by atoms with Gasteiger partial charge in [0.2, 0.25) is 0 Å². The summed E-state index contributed by atoms with van der Waals surface area (Å²) in [6.07, 6.45) is 0. The lowest BCUT2D eigenvalue weighted by atomic mass is 9.96. The maximum Gasteiger partial charge on any atom is 0.294 e. The van der Waals surface area contributed by atoms with Crippen LogP contribution in [0.5, 0.6) is 5.75 Å². The number of Topliss-reactive ketones (excluding diaryl/α,β-unsaturated/α-hetero) is 1. The van der Waals surface area contributed by atoms with Crippen molar-refractivity contribution in [2.45, 2.75) is 13.0 Å². The fourth-order valence-electron chi connectivity index (χ4n) is 3.17. The number of para-hydroxylation sites is 2. The number of aliphatic hydroxyl groups is 1. The van der Waals surface area contributed by atoms with E-state index < -0.39 is 28.4 Å². The molecule has 0 aromatic heterocycles. The third-order valence-electron chi connectivity index (χ3n) is 4.33. The van der Waals surface area contributed by atoms with Crippen LogP contribution in [-0.2, 0) is 9.59 Å². The number of ketones is 1. The molecule has 1 heterocycles. The minimum absolute atomic E-state index is 0.119. The van der Waals surface area contributed by atoms with Crippen molar-refractivity contribution >= 4 is 23.1 Å². The molecule has 0 aliphatic carbocycles. The predicted octanol–water partition coefficient (Wildman–Crippen LogP) is 3.09. The number of hydrogen-bond donors (Lipinski definition) is 1. The zero-order valence-electron chi connectivity index (χ0n) is 14.6. The van der Waals surface area contributed by atoms with E-state index in [0.717, 1.165) is 0 Å². The van der Waals surface area contributed by atoms with Gasteiger partial charge in [-0.25, -0.2) is 0 Å². The second-order valence-corrected chi connectivity index (χ2v) is 5.92. The number of nitro benzene ring substituents is 1. The van der Waals surface area contributed by atoms with Crippen molar-refractivity contribution in [3.8, 4) is 5.75 Å². The van der Waals surface area contributed by atoms with Crippen LogP contribution in [-0.4, -0.2) is 28.8 Å². The molecule has 1 N–H and O–H groups in total. The number of benzene rings is 2. The summed E-state index contributed by atoms with van der Waals surface area (Å²) in [5.41, 5.74) is 0.364. The molecule has 2 aromatic carbocycles. The number of rotatable bonds is 5. The normalized spacial score (nSPS) is 16.6. The number of nitro groups is 1. The van der Waals surface area contributed by atoms with Gasteiger partial charge in [-0.2, -0.15) is 0 Å². The summed E-state index contributed by atoms with van der Waals surface area (Å²) in [6.45, 7) is 1.23. The SMILES string of the molecule is COc1ccccc1N1C(=O)C(O)=C(C(C)=O)[C@@H]1c1cccc([N+](=O)[O-])c1. The summed E-state index contributed by atoms with van der Waals surface area (Å²) >= 11 is 0. The van der Waals surface area contributed by atoms with E-state index in [-0.39, 0.29) is 11.3 Å². The van der Waals surface area contributed by atoms with Crippen molar-refractivity contribution in [3.05, 3.63) is 75.5 Å². The molecule has 138 valence electrons. The first-order valence-corrected chi connectivity index (χ1v) is 8.01. The highest BCUT2D eigenvalue weighted by Gasteiger charge is 2.44. The highest BCUT2D eigenvalue weighted by Crippen LogP contribution is 2.44. The van der Waals surface area contributed by atoms with Crippen molar-refractivity contribution in [1.82, 2.24) is 0 Å². The Labute approximate surface area is 154 Å². The molecule has 2 aromatic rings. The number of non-ortho nitro benzene ring substituents is 1. The van der Waals surface area contributed by atoms with E-state index in [0.29, 0.717) is 17.0 Å². The number of amides is 1. The van der Waals surface area contributed by atoms with Gasteiger partial charge >= 0.3 is 0 Å². The second kappa shape index (κ2) is 6.91. The van der Waals surface area contributed by atoms with Crippen LogP contribution in [0.4, 0.5) is 11.4 Å². The Bertz CT molecular complexity index is 982. The number of hydrogen-bond acceptors (Lipinski definition) is 6. The molecule has 1 amide bonds. The van der Waals surface area contributed by atoms with E-state index in [9.17, 15) is 24.8 Å². The van der Waals surface area contributed by atoms with Gasteiger partial charge in [0.15, 0.2) is 11.5 Å². The Hall–Kier alpha value is -3.68. The Balaban J connectivity index is 2.24. The Morgan fingerprint density at radius 3 is 2.56 bits per heavy atom. The number of ether oxygens (including phenoxy) is 1. The van der Waals surface area contributed by atoms with Gasteiger partial charge in [-0.1, -0.05) is 24.3 Å². The average Bonchev–Trinajstić information content (AvgIpc) is 2.93. The summed E-state index contributed by atoms with van der Waals surface area (Å²) in [4.78, 5) is 36.7. The van der Waals surface area contributed by atoms with Gasteiger partial charge in [-0.3, -0.25) is 24.6 Å². The zero-order valence-corrected chi connectivity index (χ0v) is 14.6. The van der Waals surface area contributed by atoms with Crippen LogP contribution in [0.25, 0.3) is 0 Å². The van der Waals surface area contributed by atoms with Crippen LogP contribution in [0, 0.1) is 10.1 Å². The topological polar surface area (TPSA) is 110 Å². The molecule has 1 atom stereocenters. The number of anilines is 1. The molecule has 8 nitrogen and oxygen atoms in total. The summed E-state index contributed by atoms with van der Waals surface area (Å²) in [6, 6.07) is 11.2. The first kappa shape index (κ1) is 18.1. The molecule has 0 unspecified atom stereocenters. The van der Waals surface area contributed by atoms with E-state index in [2.05, 4.69) is 0 Å². The average molecular weight is 368 g/mol. The molecule has 0 fully saturated rings. The fourth-order valence-corrected chi connectivity index (χ4v) is 3.17. The van der Waals surface area contributed by atoms with Crippen LogP contribution in [0.3, 0.4) is 0 Å². The third-order valence-corrected chi connectivity index (χ3v) is 4.33. The number of carbonyl (C=O) groups excluding carboxylic acids is 2. The van der Waals surface area contributed by atoms with Crippen molar-refractivity contribution < 1.29 is 24.4 Å². The van der Waals surface area contributed by atoms with Gasteiger partial charge in [-0.05, 0) is 24.6 Å². The van der Waals surface area contributed by atoms with Gasteiger partial charge < -0.3 is 9.84 Å². The van der Waals surface area contributed by atoms with Crippen LogP contribution in [0.2, 0.25) is 0 Å². The lowest BCUT2D eigenvalue weighted by molar-refractivity contribution is -0.384. The summed E-state index contributed by atoms with van der Waals surface area (Å²) < 4.78 is 5.30. The summed E-state index contributed by atoms with van der Waals surface area (Å²) in [7, 11) is 1.43. The van der Waals surface area contributed by atoms with Crippen molar-refractivity contribution in [2.24, 2.45) is 0 Å². The minimum Gasteiger partial charge on any atom is -0.503 e. The zero-order chi connectivity index (χ0) is 19.7. The van der Waals surface area contributed by atoms with Crippen molar-refractivity contribution in [2.75, 3.05) is 12.0 Å². The molecule has 8 heteroatoms. The molecule has 0 bridgehead atoms. The minimum atomic E-state index is -1.01. The Kier molecular flexibility index (Phi) is 4.64.